The first kappa shape index (κ1) is 18.9. The molecule has 2 aromatic rings. The lowest BCUT2D eigenvalue weighted by molar-refractivity contribution is -0.122. The van der Waals surface area contributed by atoms with Crippen LogP contribution in [0.1, 0.15) is 11.1 Å². The zero-order chi connectivity index (χ0) is 18.7. The number of hydrogen-bond donors (Lipinski definition) is 1. The van der Waals surface area contributed by atoms with Gasteiger partial charge in [0.25, 0.3) is 5.91 Å². The molecular weight excluding hydrogens is 434 g/mol. The number of thiocarbonyl (C=S) groups is 1. The molecule has 1 aliphatic rings. The highest BCUT2D eigenvalue weighted by molar-refractivity contribution is 9.10. The van der Waals surface area contributed by atoms with Crippen LogP contribution in [-0.2, 0) is 11.2 Å². The van der Waals surface area contributed by atoms with Gasteiger partial charge in [0.05, 0.1) is 12.0 Å². The molecule has 0 bridgehead atoms. The fraction of sp³-hybridized carbons (Fsp3) is 0.158. The lowest BCUT2D eigenvalue weighted by Gasteiger charge is -2.14. The molecule has 1 heterocycles. The molecule has 0 aliphatic carbocycles. The fourth-order valence-electron chi connectivity index (χ4n) is 2.55. The predicted molar refractivity (Wildman–Crippen MR) is 112 cm³/mol. The molecule has 134 valence electrons. The van der Waals surface area contributed by atoms with E-state index in [1.165, 1.54) is 18.9 Å². The smallest absolute Gasteiger partial charge is 0.266 e. The van der Waals surface area contributed by atoms with E-state index in [9.17, 15) is 9.90 Å². The summed E-state index contributed by atoms with van der Waals surface area (Å²) in [6.07, 6.45) is 2.51. The van der Waals surface area contributed by atoms with Gasteiger partial charge in [-0.3, -0.25) is 9.69 Å². The Bertz CT molecular complexity index is 884. The maximum atomic E-state index is 12.7. The lowest BCUT2D eigenvalue weighted by Crippen LogP contribution is -2.30. The van der Waals surface area contributed by atoms with E-state index in [-0.39, 0.29) is 11.7 Å². The molecule has 0 saturated carbocycles. The van der Waals surface area contributed by atoms with Gasteiger partial charge in [-0.05, 0) is 35.8 Å². The third-order valence-electron chi connectivity index (χ3n) is 3.93. The molecule has 0 radical (unpaired) electrons. The SMILES string of the molecule is COc1cc(C=C2SC(=S)N(CCc3ccccc3)C2=O)c(Br)cc1O. The van der Waals surface area contributed by atoms with E-state index in [1.807, 2.05) is 30.3 Å². The standard InChI is InChI=1S/C19H16BrNO3S2/c1-24-16-9-13(14(20)11-15(16)22)10-17-18(23)21(19(25)26-17)8-7-12-5-3-2-4-6-12/h2-6,9-11,22H,7-8H2,1H3. The largest absolute Gasteiger partial charge is 0.504 e. The first-order valence-electron chi connectivity index (χ1n) is 7.85. The second-order valence-corrected chi connectivity index (χ2v) is 8.14. The number of ether oxygens (including phenoxy) is 1. The molecule has 1 N–H and O–H groups in total. The van der Waals surface area contributed by atoms with Gasteiger partial charge in [0, 0.05) is 11.0 Å². The van der Waals surface area contributed by atoms with Crippen molar-refractivity contribution in [2.45, 2.75) is 6.42 Å². The van der Waals surface area contributed by atoms with E-state index < -0.39 is 0 Å². The summed E-state index contributed by atoms with van der Waals surface area (Å²) in [4.78, 5) is 14.9. The van der Waals surface area contributed by atoms with Crippen molar-refractivity contribution < 1.29 is 14.6 Å². The number of thioether (sulfide) groups is 1. The third kappa shape index (κ3) is 4.11. The molecule has 3 rings (SSSR count). The van der Waals surface area contributed by atoms with Crippen LogP contribution in [0.25, 0.3) is 6.08 Å². The highest BCUT2D eigenvalue weighted by Gasteiger charge is 2.31. The average Bonchev–Trinajstić information content (AvgIpc) is 2.89. The third-order valence-corrected chi connectivity index (χ3v) is 5.99. The first-order valence-corrected chi connectivity index (χ1v) is 9.87. The Morgan fingerprint density at radius 3 is 2.73 bits per heavy atom. The number of hydrogen-bond acceptors (Lipinski definition) is 5. The molecule has 0 spiro atoms. The van der Waals surface area contributed by atoms with Crippen molar-refractivity contribution in [2.24, 2.45) is 0 Å². The summed E-state index contributed by atoms with van der Waals surface area (Å²) in [5.74, 6) is 0.279. The van der Waals surface area contributed by atoms with E-state index in [1.54, 1.807) is 23.1 Å². The van der Waals surface area contributed by atoms with E-state index >= 15 is 0 Å². The molecule has 2 aromatic carbocycles. The zero-order valence-corrected chi connectivity index (χ0v) is 17.2. The number of benzene rings is 2. The maximum Gasteiger partial charge on any atom is 0.266 e. The van der Waals surface area contributed by atoms with E-state index in [2.05, 4.69) is 15.9 Å². The number of rotatable bonds is 5. The number of carbonyl (C=O) groups excluding carboxylic acids is 1. The fourth-order valence-corrected chi connectivity index (χ4v) is 4.30. The van der Waals surface area contributed by atoms with Crippen LogP contribution in [-0.4, -0.2) is 33.9 Å². The van der Waals surface area contributed by atoms with Crippen LogP contribution in [0.15, 0.2) is 51.8 Å². The molecule has 1 amide bonds. The lowest BCUT2D eigenvalue weighted by atomic mass is 10.1. The molecule has 0 atom stereocenters. The molecule has 0 aromatic heterocycles. The first-order chi connectivity index (χ1) is 12.5. The molecule has 26 heavy (non-hydrogen) atoms. The van der Waals surface area contributed by atoms with Gasteiger partial charge in [0.2, 0.25) is 0 Å². The Hall–Kier alpha value is -1.83. The minimum Gasteiger partial charge on any atom is -0.504 e. The molecule has 4 nitrogen and oxygen atoms in total. The summed E-state index contributed by atoms with van der Waals surface area (Å²) in [5, 5.41) is 9.81. The van der Waals surface area contributed by atoms with Crippen LogP contribution < -0.4 is 4.74 Å². The average molecular weight is 450 g/mol. The summed E-state index contributed by atoms with van der Waals surface area (Å²) >= 11 is 10.1. The number of carbonyl (C=O) groups is 1. The van der Waals surface area contributed by atoms with Crippen LogP contribution in [0, 0.1) is 0 Å². The van der Waals surface area contributed by atoms with Crippen LogP contribution in [0.4, 0.5) is 0 Å². The Morgan fingerprint density at radius 2 is 2.04 bits per heavy atom. The van der Waals surface area contributed by atoms with Gasteiger partial charge < -0.3 is 9.84 Å². The van der Waals surface area contributed by atoms with Crippen molar-refractivity contribution in [1.82, 2.24) is 4.90 Å². The van der Waals surface area contributed by atoms with Crippen molar-refractivity contribution in [3.8, 4) is 11.5 Å². The van der Waals surface area contributed by atoms with Gasteiger partial charge in [0.1, 0.15) is 4.32 Å². The molecule has 1 fully saturated rings. The maximum absolute atomic E-state index is 12.7. The van der Waals surface area contributed by atoms with Gasteiger partial charge in [-0.15, -0.1) is 0 Å². The highest BCUT2D eigenvalue weighted by Crippen LogP contribution is 2.37. The topological polar surface area (TPSA) is 49.8 Å². The van der Waals surface area contributed by atoms with Crippen LogP contribution >= 0.6 is 39.9 Å². The summed E-state index contributed by atoms with van der Waals surface area (Å²) in [5.41, 5.74) is 1.90. The van der Waals surface area contributed by atoms with Crippen LogP contribution in [0.2, 0.25) is 0 Å². The number of methoxy groups -OCH3 is 1. The van der Waals surface area contributed by atoms with Crippen molar-refractivity contribution in [2.75, 3.05) is 13.7 Å². The second kappa shape index (κ2) is 8.24. The zero-order valence-electron chi connectivity index (χ0n) is 13.9. The van der Waals surface area contributed by atoms with Crippen LogP contribution in [0.3, 0.4) is 0 Å². The van der Waals surface area contributed by atoms with E-state index in [4.69, 9.17) is 17.0 Å². The molecular formula is C19H16BrNO3S2. The molecule has 7 heteroatoms. The monoisotopic (exact) mass is 449 g/mol. The van der Waals surface area contributed by atoms with Crippen molar-refractivity contribution >= 4 is 56.2 Å². The minimum atomic E-state index is -0.102. The van der Waals surface area contributed by atoms with Gasteiger partial charge in [0.15, 0.2) is 11.5 Å². The summed E-state index contributed by atoms with van der Waals surface area (Å²) < 4.78 is 6.36. The van der Waals surface area contributed by atoms with Crippen LogP contribution in [0.5, 0.6) is 11.5 Å². The van der Waals surface area contributed by atoms with Gasteiger partial charge in [-0.25, -0.2) is 0 Å². The quantitative estimate of drug-likeness (QED) is 0.533. The Balaban J connectivity index is 1.79. The molecule has 1 aliphatic heterocycles. The minimum absolute atomic E-state index is 0.0342. The number of aromatic hydroxyl groups is 1. The van der Waals surface area contributed by atoms with Crippen molar-refractivity contribution in [3.05, 3.63) is 63.0 Å². The van der Waals surface area contributed by atoms with Crippen molar-refractivity contribution in [3.63, 3.8) is 0 Å². The van der Waals surface area contributed by atoms with Gasteiger partial charge in [-0.1, -0.05) is 70.2 Å². The number of phenols is 1. The number of nitrogens with zero attached hydrogens (tertiary/aromatic N) is 1. The summed E-state index contributed by atoms with van der Waals surface area (Å²) in [7, 11) is 1.48. The molecule has 0 unspecified atom stereocenters. The van der Waals surface area contributed by atoms with E-state index in [0.717, 1.165) is 17.5 Å². The number of amides is 1. The summed E-state index contributed by atoms with van der Waals surface area (Å²) in [6.45, 7) is 0.548. The number of halogens is 1. The van der Waals surface area contributed by atoms with Crippen molar-refractivity contribution in [1.29, 1.82) is 0 Å². The van der Waals surface area contributed by atoms with E-state index in [0.29, 0.717) is 26.0 Å². The number of phenolic OH excluding ortho intramolecular Hbond substituents is 1. The summed E-state index contributed by atoms with van der Waals surface area (Å²) in [6, 6.07) is 13.2. The van der Waals surface area contributed by atoms with Gasteiger partial charge >= 0.3 is 0 Å². The second-order valence-electron chi connectivity index (χ2n) is 5.61. The molecule has 1 saturated heterocycles. The normalized spacial score (nSPS) is 15.8. The van der Waals surface area contributed by atoms with Gasteiger partial charge in [-0.2, -0.15) is 0 Å². The Kier molecular flexibility index (Phi) is 6.01. The highest BCUT2D eigenvalue weighted by atomic mass is 79.9. The Labute approximate surface area is 170 Å². The predicted octanol–water partition coefficient (Wildman–Crippen LogP) is 4.61. The Morgan fingerprint density at radius 1 is 1.31 bits per heavy atom.